The Bertz CT molecular complexity index is 339. The van der Waals surface area contributed by atoms with Gasteiger partial charge in [-0.2, -0.15) is 13.2 Å². The zero-order valence-corrected chi connectivity index (χ0v) is 9.55. The Hall–Kier alpha value is -0.960. The fourth-order valence-electron chi connectivity index (χ4n) is 0.794. The normalized spacial score (nSPS) is 16.1. The van der Waals surface area contributed by atoms with Gasteiger partial charge in [0, 0.05) is 26.0 Å². The fourth-order valence-corrected chi connectivity index (χ4v) is 0.794. The van der Waals surface area contributed by atoms with Gasteiger partial charge >= 0.3 is 5.51 Å². The van der Waals surface area contributed by atoms with Crippen LogP contribution >= 0.6 is 0 Å². The summed E-state index contributed by atoms with van der Waals surface area (Å²) >= 11 is 0. The monoisotopic (exact) mass is 261 g/mol. The van der Waals surface area contributed by atoms with Crippen LogP contribution in [0.2, 0.25) is 0 Å². The van der Waals surface area contributed by atoms with Crippen LogP contribution in [0.25, 0.3) is 0 Å². The Morgan fingerprint density at radius 3 is 1.94 bits per heavy atom. The second kappa shape index (κ2) is 5.39. The van der Waals surface area contributed by atoms with Crippen LogP contribution in [0.15, 0.2) is 12.4 Å². The SMILES string of the molecule is CCN1C=CN(C)C1.O=S(=O)([O-])C(F)(F)F. The van der Waals surface area contributed by atoms with E-state index < -0.39 is 15.6 Å². The van der Waals surface area contributed by atoms with Crippen LogP contribution in [-0.4, -0.2) is 48.5 Å². The number of hydrogen-bond donors (Lipinski definition) is 0. The van der Waals surface area contributed by atoms with E-state index in [-0.39, 0.29) is 0 Å². The van der Waals surface area contributed by atoms with Crippen molar-refractivity contribution in [3.8, 4) is 0 Å². The van der Waals surface area contributed by atoms with Gasteiger partial charge in [0.05, 0.1) is 6.67 Å². The summed E-state index contributed by atoms with van der Waals surface area (Å²) in [7, 11) is -4.01. The fraction of sp³-hybridized carbons (Fsp3) is 0.714. The number of nitrogens with zero attached hydrogens (tertiary/aromatic N) is 2. The molecule has 1 heterocycles. The van der Waals surface area contributed by atoms with Crippen molar-refractivity contribution in [3.05, 3.63) is 12.4 Å². The van der Waals surface area contributed by atoms with Gasteiger partial charge in [0.25, 0.3) is 0 Å². The molecule has 0 aliphatic carbocycles. The molecule has 0 aromatic carbocycles. The number of rotatable bonds is 1. The van der Waals surface area contributed by atoms with E-state index in [1.54, 1.807) is 0 Å². The molecule has 0 aromatic heterocycles. The first-order chi connectivity index (χ1) is 7.08. The molecular formula is C7H12F3N2O3S-. The second-order valence-electron chi connectivity index (χ2n) is 3.00. The molecule has 0 spiro atoms. The number of hydrogen-bond acceptors (Lipinski definition) is 5. The van der Waals surface area contributed by atoms with Gasteiger partial charge in [0.1, 0.15) is 0 Å². The first-order valence-corrected chi connectivity index (χ1v) is 5.63. The number of halogens is 3. The predicted octanol–water partition coefficient (Wildman–Crippen LogP) is 0.734. The van der Waals surface area contributed by atoms with Crippen molar-refractivity contribution in [1.29, 1.82) is 0 Å². The van der Waals surface area contributed by atoms with Crippen LogP contribution < -0.4 is 0 Å². The van der Waals surface area contributed by atoms with E-state index >= 15 is 0 Å². The molecule has 9 heteroatoms. The maximum Gasteiger partial charge on any atom is 0.485 e. The molecule has 1 aliphatic rings. The van der Waals surface area contributed by atoms with Crippen LogP contribution in [-0.2, 0) is 10.1 Å². The minimum Gasteiger partial charge on any atom is -0.741 e. The third-order valence-electron chi connectivity index (χ3n) is 1.63. The van der Waals surface area contributed by atoms with E-state index in [0.29, 0.717) is 0 Å². The van der Waals surface area contributed by atoms with Gasteiger partial charge in [0.15, 0.2) is 10.1 Å². The quantitative estimate of drug-likeness (QED) is 0.514. The first-order valence-electron chi connectivity index (χ1n) is 4.22. The smallest absolute Gasteiger partial charge is 0.485 e. The first kappa shape index (κ1) is 15.0. The zero-order valence-electron chi connectivity index (χ0n) is 8.73. The standard InChI is InChI=1S/C6H12N2.CHF3O3S/c1-3-8-5-4-7(2)6-8;2-1(3,4)8(5,6)7/h4-5H,3,6H2,1-2H3;(H,5,6,7)/p-1. The molecule has 0 radical (unpaired) electrons. The highest BCUT2D eigenvalue weighted by Crippen LogP contribution is 2.20. The molecule has 0 aromatic rings. The Morgan fingerprint density at radius 2 is 1.81 bits per heavy atom. The molecule has 5 nitrogen and oxygen atoms in total. The maximum absolute atomic E-state index is 10.7. The molecule has 1 aliphatic heterocycles. The summed E-state index contributed by atoms with van der Waals surface area (Å²) in [6.45, 7) is 4.32. The molecule has 0 fully saturated rings. The molecule has 96 valence electrons. The van der Waals surface area contributed by atoms with Crippen LogP contribution in [0.3, 0.4) is 0 Å². The number of alkyl halides is 3. The van der Waals surface area contributed by atoms with Gasteiger partial charge in [-0.1, -0.05) is 0 Å². The van der Waals surface area contributed by atoms with E-state index in [0.717, 1.165) is 13.2 Å². The van der Waals surface area contributed by atoms with Crippen molar-refractivity contribution in [2.45, 2.75) is 12.4 Å². The van der Waals surface area contributed by atoms with Gasteiger partial charge in [-0.05, 0) is 6.92 Å². The zero-order chi connectivity index (χ0) is 13.0. The summed E-state index contributed by atoms with van der Waals surface area (Å²) in [6.07, 6.45) is 4.20. The summed E-state index contributed by atoms with van der Waals surface area (Å²) in [5.74, 6) is 0. The summed E-state index contributed by atoms with van der Waals surface area (Å²) in [6, 6.07) is 0. The summed E-state index contributed by atoms with van der Waals surface area (Å²) < 4.78 is 58.9. The molecular weight excluding hydrogens is 249 g/mol. The molecule has 0 N–H and O–H groups in total. The van der Waals surface area contributed by atoms with Crippen LogP contribution in [0.4, 0.5) is 13.2 Å². The van der Waals surface area contributed by atoms with Crippen molar-refractivity contribution >= 4 is 10.1 Å². The highest BCUT2D eigenvalue weighted by molar-refractivity contribution is 7.86. The van der Waals surface area contributed by atoms with Gasteiger partial charge in [-0.15, -0.1) is 0 Å². The third kappa shape index (κ3) is 5.21. The lowest BCUT2D eigenvalue weighted by molar-refractivity contribution is -0.0517. The molecule has 16 heavy (non-hydrogen) atoms. The van der Waals surface area contributed by atoms with Crippen LogP contribution in [0.5, 0.6) is 0 Å². The van der Waals surface area contributed by atoms with E-state index in [1.165, 1.54) is 0 Å². The Labute approximate surface area is 91.9 Å². The average molecular weight is 261 g/mol. The van der Waals surface area contributed by atoms with Crippen molar-refractivity contribution in [2.24, 2.45) is 0 Å². The minimum absolute atomic E-state index is 1.05. The molecule has 0 amide bonds. The second-order valence-corrected chi connectivity index (χ2v) is 4.37. The Kier molecular flexibility index (Phi) is 5.07. The van der Waals surface area contributed by atoms with Crippen molar-refractivity contribution in [1.82, 2.24) is 9.80 Å². The van der Waals surface area contributed by atoms with Crippen molar-refractivity contribution < 1.29 is 26.1 Å². The van der Waals surface area contributed by atoms with Crippen molar-refractivity contribution in [2.75, 3.05) is 20.3 Å². The molecule has 0 saturated carbocycles. The van der Waals surface area contributed by atoms with E-state index in [4.69, 9.17) is 13.0 Å². The van der Waals surface area contributed by atoms with E-state index in [2.05, 4.69) is 36.2 Å². The molecule has 0 unspecified atom stereocenters. The largest absolute Gasteiger partial charge is 0.741 e. The molecule has 0 atom stereocenters. The van der Waals surface area contributed by atoms with Crippen LogP contribution in [0.1, 0.15) is 6.92 Å². The highest BCUT2D eigenvalue weighted by atomic mass is 32.2. The van der Waals surface area contributed by atoms with Gasteiger partial charge in [0.2, 0.25) is 0 Å². The molecule has 0 saturated heterocycles. The average Bonchev–Trinajstić information content (AvgIpc) is 2.48. The summed E-state index contributed by atoms with van der Waals surface area (Å²) in [4.78, 5) is 4.41. The summed E-state index contributed by atoms with van der Waals surface area (Å²) in [5, 5.41) is 0. The lowest BCUT2D eigenvalue weighted by Crippen LogP contribution is -2.21. The van der Waals surface area contributed by atoms with Gasteiger partial charge in [-0.3, -0.25) is 0 Å². The third-order valence-corrected chi connectivity index (χ3v) is 2.19. The topological polar surface area (TPSA) is 63.7 Å². The molecule has 1 rings (SSSR count). The molecule has 0 bridgehead atoms. The van der Waals surface area contributed by atoms with Crippen LogP contribution in [0, 0.1) is 0 Å². The van der Waals surface area contributed by atoms with Gasteiger partial charge < -0.3 is 14.4 Å². The van der Waals surface area contributed by atoms with E-state index in [9.17, 15) is 13.2 Å². The van der Waals surface area contributed by atoms with Crippen molar-refractivity contribution in [3.63, 3.8) is 0 Å². The Balaban J connectivity index is 0.000000281. The van der Waals surface area contributed by atoms with E-state index in [1.807, 2.05) is 0 Å². The Morgan fingerprint density at radius 1 is 1.38 bits per heavy atom. The maximum atomic E-state index is 10.7. The predicted molar refractivity (Wildman–Crippen MR) is 49.9 cm³/mol. The lowest BCUT2D eigenvalue weighted by atomic mass is 10.6. The lowest BCUT2D eigenvalue weighted by Gasteiger charge is -2.14. The summed E-state index contributed by atoms with van der Waals surface area (Å²) in [5.41, 5.74) is -5.65. The van der Waals surface area contributed by atoms with Gasteiger partial charge in [-0.25, -0.2) is 8.42 Å². The minimum atomic E-state index is -6.09. The highest BCUT2D eigenvalue weighted by Gasteiger charge is 2.36.